The highest BCUT2D eigenvalue weighted by molar-refractivity contribution is 4.93. The third kappa shape index (κ3) is 4.26. The quantitative estimate of drug-likeness (QED) is 0.729. The second kappa shape index (κ2) is 6.81. The molecule has 2 unspecified atom stereocenters. The Kier molecular flexibility index (Phi) is 5.65. The van der Waals surface area contributed by atoms with Crippen molar-refractivity contribution < 1.29 is 0 Å². The van der Waals surface area contributed by atoms with Crippen molar-refractivity contribution >= 4 is 0 Å². The lowest BCUT2D eigenvalue weighted by Crippen LogP contribution is -2.54. The van der Waals surface area contributed by atoms with Crippen LogP contribution in [0.2, 0.25) is 0 Å². The Labute approximate surface area is 139 Å². The Morgan fingerprint density at radius 3 is 2.05 bits per heavy atom. The fourth-order valence-corrected chi connectivity index (χ4v) is 5.27. The van der Waals surface area contributed by atoms with Crippen molar-refractivity contribution in [2.45, 2.75) is 110 Å². The van der Waals surface area contributed by atoms with Crippen molar-refractivity contribution in [3.8, 4) is 0 Å². The first-order valence-corrected chi connectivity index (χ1v) is 9.65. The summed E-state index contributed by atoms with van der Waals surface area (Å²) in [7, 11) is 0. The average molecular weight is 309 g/mol. The molecule has 2 fully saturated rings. The van der Waals surface area contributed by atoms with Gasteiger partial charge in [0.2, 0.25) is 0 Å². The molecule has 0 bridgehead atoms. The van der Waals surface area contributed by atoms with Crippen molar-refractivity contribution in [1.29, 1.82) is 0 Å². The smallest absolute Gasteiger partial charge is 0.0158 e. The summed E-state index contributed by atoms with van der Waals surface area (Å²) in [5, 5.41) is 0. The number of hydrogen-bond donors (Lipinski definition) is 0. The average Bonchev–Trinajstić information content (AvgIpc) is 2.36. The third-order valence-corrected chi connectivity index (χ3v) is 6.22. The van der Waals surface area contributed by atoms with E-state index in [0.29, 0.717) is 11.1 Å². The molecule has 130 valence electrons. The fourth-order valence-electron chi connectivity index (χ4n) is 5.27. The van der Waals surface area contributed by atoms with E-state index < -0.39 is 0 Å². The van der Waals surface area contributed by atoms with Gasteiger partial charge in [0.25, 0.3) is 0 Å². The number of piperidine rings is 2. The van der Waals surface area contributed by atoms with Crippen LogP contribution >= 0.6 is 0 Å². The first-order chi connectivity index (χ1) is 10.1. The lowest BCUT2D eigenvalue weighted by molar-refractivity contribution is -0.00116. The molecule has 0 amide bonds. The molecule has 0 aliphatic carbocycles. The molecule has 0 spiro atoms. The molecular formula is C20H40N2. The summed E-state index contributed by atoms with van der Waals surface area (Å²) in [5.74, 6) is 0.901. The maximum absolute atomic E-state index is 2.80. The van der Waals surface area contributed by atoms with Gasteiger partial charge < -0.3 is 0 Å². The number of hydrogen-bond acceptors (Lipinski definition) is 2. The van der Waals surface area contributed by atoms with Crippen LogP contribution in [0.5, 0.6) is 0 Å². The van der Waals surface area contributed by atoms with E-state index in [0.717, 1.165) is 18.0 Å². The van der Waals surface area contributed by atoms with Crippen molar-refractivity contribution in [3.63, 3.8) is 0 Å². The van der Waals surface area contributed by atoms with Crippen molar-refractivity contribution in [3.05, 3.63) is 0 Å². The monoisotopic (exact) mass is 308 g/mol. The number of rotatable bonds is 3. The number of nitrogens with zero attached hydrogens (tertiary/aromatic N) is 2. The molecule has 2 aliphatic heterocycles. The van der Waals surface area contributed by atoms with Crippen LogP contribution < -0.4 is 0 Å². The van der Waals surface area contributed by atoms with Crippen molar-refractivity contribution in [2.24, 2.45) is 5.92 Å². The van der Waals surface area contributed by atoms with Crippen LogP contribution in [0.15, 0.2) is 0 Å². The van der Waals surface area contributed by atoms with E-state index in [2.05, 4.69) is 58.3 Å². The Bertz CT molecular complexity index is 355. The lowest BCUT2D eigenvalue weighted by atomic mass is 9.79. The molecule has 0 aromatic heterocycles. The Hall–Kier alpha value is -0.0800. The van der Waals surface area contributed by atoms with E-state index in [-0.39, 0.29) is 0 Å². The van der Waals surface area contributed by atoms with E-state index >= 15 is 0 Å². The number of likely N-dealkylation sites (tertiary alicyclic amines) is 2. The minimum absolute atomic E-state index is 0.321. The van der Waals surface area contributed by atoms with Crippen LogP contribution in [0, 0.1) is 5.92 Å². The minimum Gasteiger partial charge on any atom is -0.296 e. The van der Waals surface area contributed by atoms with Gasteiger partial charge in [-0.1, -0.05) is 6.42 Å². The molecule has 0 N–H and O–H groups in total. The van der Waals surface area contributed by atoms with Gasteiger partial charge in [-0.15, -0.1) is 0 Å². The molecule has 2 heteroatoms. The van der Waals surface area contributed by atoms with Gasteiger partial charge in [-0.05, 0) is 99.6 Å². The standard InChI is InChI=1S/C20H40N2/c1-16-10-8-9-12-22(16)20(6,7)15-18-11-13-21(17(2)14-18)19(3,4)5/h16-18H,8-15H2,1-7H3/t16-,17?,18?/m0/s1. The summed E-state index contributed by atoms with van der Waals surface area (Å²) in [5.41, 5.74) is 0.690. The van der Waals surface area contributed by atoms with Crippen molar-refractivity contribution in [1.82, 2.24) is 9.80 Å². The van der Waals surface area contributed by atoms with E-state index in [1.165, 1.54) is 51.6 Å². The van der Waals surface area contributed by atoms with Crippen LogP contribution in [-0.4, -0.2) is 46.1 Å². The fraction of sp³-hybridized carbons (Fsp3) is 1.00. The minimum atomic E-state index is 0.321. The van der Waals surface area contributed by atoms with E-state index in [1.807, 2.05) is 0 Å². The zero-order valence-electron chi connectivity index (χ0n) is 16.3. The Balaban J connectivity index is 1.93. The molecule has 0 aromatic carbocycles. The summed E-state index contributed by atoms with van der Waals surface area (Å²) in [6.07, 6.45) is 8.35. The Morgan fingerprint density at radius 2 is 1.50 bits per heavy atom. The second-order valence-corrected chi connectivity index (χ2v) is 9.66. The predicted octanol–water partition coefficient (Wildman–Crippen LogP) is 4.93. The molecule has 2 nitrogen and oxygen atoms in total. The molecule has 22 heavy (non-hydrogen) atoms. The normalized spacial score (nSPS) is 33.1. The molecule has 0 radical (unpaired) electrons. The first kappa shape index (κ1) is 18.3. The summed E-state index contributed by atoms with van der Waals surface area (Å²) in [4.78, 5) is 5.51. The van der Waals surface area contributed by atoms with E-state index in [9.17, 15) is 0 Å². The van der Waals surface area contributed by atoms with E-state index in [1.54, 1.807) is 0 Å². The molecular weight excluding hydrogens is 268 g/mol. The highest BCUT2D eigenvalue weighted by Crippen LogP contribution is 2.37. The van der Waals surface area contributed by atoms with Crippen LogP contribution in [-0.2, 0) is 0 Å². The van der Waals surface area contributed by atoms with Crippen LogP contribution in [0.3, 0.4) is 0 Å². The van der Waals surface area contributed by atoms with Crippen LogP contribution in [0.4, 0.5) is 0 Å². The molecule has 2 saturated heterocycles. The van der Waals surface area contributed by atoms with Crippen LogP contribution in [0.1, 0.15) is 87.0 Å². The predicted molar refractivity (Wildman–Crippen MR) is 97.4 cm³/mol. The zero-order valence-corrected chi connectivity index (χ0v) is 16.3. The molecule has 2 rings (SSSR count). The second-order valence-electron chi connectivity index (χ2n) is 9.66. The SMILES string of the molecule is CC1CC(CC(C)(C)N2CCCC[C@@H]2C)CCN1C(C)(C)C. The van der Waals surface area contributed by atoms with Gasteiger partial charge in [0.15, 0.2) is 0 Å². The van der Waals surface area contributed by atoms with Gasteiger partial charge >= 0.3 is 0 Å². The van der Waals surface area contributed by atoms with E-state index in [4.69, 9.17) is 0 Å². The maximum atomic E-state index is 2.80. The lowest BCUT2D eigenvalue weighted by Gasteiger charge is -2.50. The molecule has 0 aromatic rings. The topological polar surface area (TPSA) is 6.48 Å². The summed E-state index contributed by atoms with van der Waals surface area (Å²) >= 11 is 0. The summed E-state index contributed by atoms with van der Waals surface area (Å²) in [6, 6.07) is 1.50. The highest BCUT2D eigenvalue weighted by atomic mass is 15.2. The van der Waals surface area contributed by atoms with Gasteiger partial charge in [0.1, 0.15) is 0 Å². The largest absolute Gasteiger partial charge is 0.296 e. The van der Waals surface area contributed by atoms with Gasteiger partial charge in [-0.3, -0.25) is 9.80 Å². The van der Waals surface area contributed by atoms with Gasteiger partial charge in [0, 0.05) is 23.2 Å². The summed E-state index contributed by atoms with van der Waals surface area (Å²) in [6.45, 7) is 19.5. The molecule has 3 atom stereocenters. The van der Waals surface area contributed by atoms with Gasteiger partial charge in [0.05, 0.1) is 0 Å². The zero-order chi connectivity index (χ0) is 16.5. The highest BCUT2D eigenvalue weighted by Gasteiger charge is 2.38. The van der Waals surface area contributed by atoms with Crippen LogP contribution in [0.25, 0.3) is 0 Å². The van der Waals surface area contributed by atoms with Gasteiger partial charge in [-0.2, -0.15) is 0 Å². The maximum Gasteiger partial charge on any atom is 0.0158 e. The molecule has 2 heterocycles. The van der Waals surface area contributed by atoms with Crippen molar-refractivity contribution in [2.75, 3.05) is 13.1 Å². The summed E-state index contributed by atoms with van der Waals surface area (Å²) < 4.78 is 0. The van der Waals surface area contributed by atoms with Gasteiger partial charge in [-0.25, -0.2) is 0 Å². The third-order valence-electron chi connectivity index (χ3n) is 6.22. The Morgan fingerprint density at radius 1 is 0.818 bits per heavy atom. The first-order valence-electron chi connectivity index (χ1n) is 9.65. The molecule has 2 aliphatic rings. The molecule has 0 saturated carbocycles.